The van der Waals surface area contributed by atoms with Crippen molar-refractivity contribution in [3.63, 3.8) is 0 Å². The average Bonchev–Trinajstić information content (AvgIpc) is 2.40. The zero-order chi connectivity index (χ0) is 14.5. The van der Waals surface area contributed by atoms with E-state index >= 15 is 0 Å². The van der Waals surface area contributed by atoms with Crippen LogP contribution in [0.25, 0.3) is 0 Å². The number of hydrogen-bond acceptors (Lipinski definition) is 4. The van der Waals surface area contributed by atoms with Crippen LogP contribution in [0.4, 0.5) is 0 Å². The minimum absolute atomic E-state index is 0. The molecule has 0 spiro atoms. The molecule has 1 aromatic carbocycles. The molecule has 1 atom stereocenters. The second-order valence-corrected chi connectivity index (χ2v) is 5.91. The van der Waals surface area contributed by atoms with E-state index < -0.39 is 6.10 Å². The molecule has 1 fully saturated rings. The number of aryl methyl sites for hydroxylation is 1. The third-order valence-electron chi connectivity index (χ3n) is 3.63. The Balaban J connectivity index is 0.00000220. The van der Waals surface area contributed by atoms with E-state index in [1.807, 2.05) is 19.1 Å². The number of ether oxygens (including phenoxy) is 1. The highest BCUT2D eigenvalue weighted by atomic mass is 35.5. The number of piperazine rings is 1. The predicted octanol–water partition coefficient (Wildman–Crippen LogP) is 2.48. The van der Waals surface area contributed by atoms with Crippen molar-refractivity contribution in [3.05, 3.63) is 28.8 Å². The first-order valence-corrected chi connectivity index (χ1v) is 7.40. The van der Waals surface area contributed by atoms with Gasteiger partial charge in [-0.25, -0.2) is 0 Å². The summed E-state index contributed by atoms with van der Waals surface area (Å²) in [6.07, 6.45) is -0.464. The van der Waals surface area contributed by atoms with Gasteiger partial charge in [0, 0.05) is 37.7 Å². The van der Waals surface area contributed by atoms with Crippen molar-refractivity contribution in [2.45, 2.75) is 13.0 Å². The summed E-state index contributed by atoms with van der Waals surface area (Å²) < 4.78 is 5.67. The third-order valence-corrected chi connectivity index (χ3v) is 3.87. The zero-order valence-electron chi connectivity index (χ0n) is 13.0. The molecule has 1 N–H and O–H groups in total. The maximum absolute atomic E-state index is 10.1. The van der Waals surface area contributed by atoms with Gasteiger partial charge in [0.25, 0.3) is 0 Å². The molecule has 1 aromatic rings. The molecule has 1 aliphatic rings. The Kier molecular flexibility index (Phi) is 10.4. The molecule has 4 nitrogen and oxygen atoms in total. The molecule has 0 radical (unpaired) electrons. The lowest BCUT2D eigenvalue weighted by Gasteiger charge is -2.33. The van der Waals surface area contributed by atoms with E-state index in [9.17, 15) is 5.11 Å². The molecule has 22 heavy (non-hydrogen) atoms. The number of nitrogens with zero attached hydrogens (tertiary/aromatic N) is 2. The lowest BCUT2D eigenvalue weighted by Crippen LogP contribution is -2.47. The largest absolute Gasteiger partial charge is 0.491 e. The number of halogens is 3. The minimum atomic E-state index is -0.464. The average molecular weight is 372 g/mol. The number of β-amino-alcohol motifs (C(OH)–C–C–N with tert-alkyl or cyclic N) is 1. The number of hydrogen-bond donors (Lipinski definition) is 1. The maximum atomic E-state index is 10.1. The summed E-state index contributed by atoms with van der Waals surface area (Å²) in [4.78, 5) is 4.58. The smallest absolute Gasteiger partial charge is 0.122 e. The molecule has 1 saturated heterocycles. The fourth-order valence-electron chi connectivity index (χ4n) is 2.34. The van der Waals surface area contributed by atoms with Gasteiger partial charge in [-0.15, -0.1) is 24.8 Å². The summed E-state index contributed by atoms with van der Waals surface area (Å²) in [5.41, 5.74) is 0.990. The highest BCUT2D eigenvalue weighted by Gasteiger charge is 2.17. The molecule has 0 aliphatic carbocycles. The van der Waals surface area contributed by atoms with E-state index in [1.165, 1.54) is 0 Å². The molecule has 1 unspecified atom stereocenters. The summed E-state index contributed by atoms with van der Waals surface area (Å²) in [5.74, 6) is 0.784. The van der Waals surface area contributed by atoms with Crippen LogP contribution in [0.15, 0.2) is 18.2 Å². The van der Waals surface area contributed by atoms with Gasteiger partial charge in [-0.1, -0.05) is 11.6 Å². The molecule has 128 valence electrons. The number of aliphatic hydroxyl groups excluding tert-OH is 1. The van der Waals surface area contributed by atoms with E-state index in [2.05, 4.69) is 16.8 Å². The van der Waals surface area contributed by atoms with E-state index in [1.54, 1.807) is 6.07 Å². The molecular formula is C15H25Cl3N2O2. The second-order valence-electron chi connectivity index (χ2n) is 5.48. The van der Waals surface area contributed by atoms with Crippen LogP contribution in [0.1, 0.15) is 5.56 Å². The lowest BCUT2D eigenvalue weighted by molar-refractivity contribution is 0.0503. The van der Waals surface area contributed by atoms with Gasteiger partial charge >= 0.3 is 0 Å². The van der Waals surface area contributed by atoms with Gasteiger partial charge in [0.1, 0.15) is 18.5 Å². The van der Waals surface area contributed by atoms with Crippen molar-refractivity contribution in [3.8, 4) is 5.75 Å². The Morgan fingerprint density at radius 1 is 1.23 bits per heavy atom. The third kappa shape index (κ3) is 6.90. The highest BCUT2D eigenvalue weighted by Crippen LogP contribution is 2.21. The van der Waals surface area contributed by atoms with E-state index in [-0.39, 0.29) is 24.8 Å². The first-order chi connectivity index (χ1) is 9.54. The van der Waals surface area contributed by atoms with Crippen LogP contribution in [-0.4, -0.2) is 67.4 Å². The predicted molar refractivity (Wildman–Crippen MR) is 96.1 cm³/mol. The van der Waals surface area contributed by atoms with Gasteiger partial charge in [0.05, 0.1) is 0 Å². The van der Waals surface area contributed by atoms with Gasteiger partial charge in [0.2, 0.25) is 0 Å². The van der Waals surface area contributed by atoms with Crippen molar-refractivity contribution in [2.75, 3.05) is 46.4 Å². The van der Waals surface area contributed by atoms with Gasteiger partial charge in [-0.05, 0) is 37.7 Å². The fourth-order valence-corrected chi connectivity index (χ4v) is 2.57. The molecule has 2 rings (SSSR count). The number of benzene rings is 1. The summed E-state index contributed by atoms with van der Waals surface area (Å²) in [5, 5.41) is 10.8. The molecule has 1 heterocycles. The van der Waals surface area contributed by atoms with E-state index in [0.717, 1.165) is 37.5 Å². The highest BCUT2D eigenvalue weighted by molar-refractivity contribution is 6.30. The van der Waals surface area contributed by atoms with Crippen LogP contribution in [0, 0.1) is 6.92 Å². The first kappa shape index (κ1) is 21.8. The van der Waals surface area contributed by atoms with Crippen LogP contribution in [0.3, 0.4) is 0 Å². The lowest BCUT2D eigenvalue weighted by atomic mass is 10.2. The summed E-state index contributed by atoms with van der Waals surface area (Å²) in [6.45, 7) is 7.07. The number of rotatable bonds is 5. The van der Waals surface area contributed by atoms with Crippen LogP contribution < -0.4 is 4.74 Å². The SMILES string of the molecule is Cc1cc(Cl)ccc1OCC(O)CN1CCN(C)CC1.Cl.Cl. The number of likely N-dealkylation sites (N-methyl/N-ethyl adjacent to an activating group) is 1. The van der Waals surface area contributed by atoms with Crippen LogP contribution in [-0.2, 0) is 0 Å². The second kappa shape index (κ2) is 10.5. The minimum Gasteiger partial charge on any atom is -0.491 e. The van der Waals surface area contributed by atoms with Gasteiger partial charge in [-0.3, -0.25) is 4.90 Å². The normalized spacial score (nSPS) is 17.3. The van der Waals surface area contributed by atoms with Crippen molar-refractivity contribution in [2.24, 2.45) is 0 Å². The molecule has 0 saturated carbocycles. The molecule has 1 aliphatic heterocycles. The first-order valence-electron chi connectivity index (χ1n) is 7.02. The van der Waals surface area contributed by atoms with Gasteiger partial charge in [-0.2, -0.15) is 0 Å². The standard InChI is InChI=1S/C15H23ClN2O2.2ClH/c1-12-9-13(16)3-4-15(12)20-11-14(19)10-18-7-5-17(2)6-8-18;;/h3-4,9,14,19H,5-8,10-11H2,1-2H3;2*1H. The van der Waals surface area contributed by atoms with Crippen molar-refractivity contribution in [1.82, 2.24) is 9.80 Å². The van der Waals surface area contributed by atoms with Gasteiger partial charge < -0.3 is 14.7 Å². The summed E-state index contributed by atoms with van der Waals surface area (Å²) in [6, 6.07) is 5.51. The Bertz CT molecular complexity index is 441. The zero-order valence-corrected chi connectivity index (χ0v) is 15.4. The molecule has 0 amide bonds. The van der Waals surface area contributed by atoms with Crippen molar-refractivity contribution < 1.29 is 9.84 Å². The Morgan fingerprint density at radius 3 is 2.45 bits per heavy atom. The van der Waals surface area contributed by atoms with Crippen LogP contribution >= 0.6 is 36.4 Å². The molecule has 7 heteroatoms. The van der Waals surface area contributed by atoms with E-state index in [0.29, 0.717) is 18.2 Å². The Hall–Kier alpha value is -0.230. The topological polar surface area (TPSA) is 35.9 Å². The number of aliphatic hydroxyl groups is 1. The van der Waals surface area contributed by atoms with E-state index in [4.69, 9.17) is 16.3 Å². The van der Waals surface area contributed by atoms with Gasteiger partial charge in [0.15, 0.2) is 0 Å². The van der Waals surface area contributed by atoms with Crippen molar-refractivity contribution in [1.29, 1.82) is 0 Å². The van der Waals surface area contributed by atoms with Crippen LogP contribution in [0.5, 0.6) is 5.75 Å². The summed E-state index contributed by atoms with van der Waals surface area (Å²) in [7, 11) is 2.13. The fraction of sp³-hybridized carbons (Fsp3) is 0.600. The Labute approximate surface area is 150 Å². The summed E-state index contributed by atoms with van der Waals surface area (Å²) >= 11 is 5.90. The van der Waals surface area contributed by atoms with Crippen LogP contribution in [0.2, 0.25) is 5.02 Å². The monoisotopic (exact) mass is 370 g/mol. The molecule has 0 aromatic heterocycles. The van der Waals surface area contributed by atoms with Crippen molar-refractivity contribution >= 4 is 36.4 Å². The maximum Gasteiger partial charge on any atom is 0.122 e. The quantitative estimate of drug-likeness (QED) is 0.862. The molecular weight excluding hydrogens is 347 g/mol. The molecule has 0 bridgehead atoms. The Morgan fingerprint density at radius 2 is 1.86 bits per heavy atom.